The fourth-order valence-corrected chi connectivity index (χ4v) is 6.43. The van der Waals surface area contributed by atoms with Gasteiger partial charge in [0, 0.05) is 21.7 Å². The van der Waals surface area contributed by atoms with Gasteiger partial charge in [-0.05, 0) is 74.5 Å². The molecular weight excluding hydrogens is 395 g/mol. The van der Waals surface area contributed by atoms with E-state index in [4.69, 9.17) is 23.2 Å². The van der Waals surface area contributed by atoms with Crippen molar-refractivity contribution in [3.05, 3.63) is 51.3 Å². The van der Waals surface area contributed by atoms with Crippen molar-refractivity contribution in [3.8, 4) is 0 Å². The minimum Gasteiger partial charge on any atom is -0.281 e. The van der Waals surface area contributed by atoms with Gasteiger partial charge in [-0.2, -0.15) is 10.2 Å². The summed E-state index contributed by atoms with van der Waals surface area (Å²) in [5.41, 5.74) is 4.92. The number of nitrogens with zero attached hydrogens (tertiary/aromatic N) is 2. The first-order valence-electron chi connectivity index (χ1n) is 9.85. The Morgan fingerprint density at radius 2 is 1.82 bits per heavy atom. The van der Waals surface area contributed by atoms with E-state index in [1.54, 1.807) is 18.2 Å². The van der Waals surface area contributed by atoms with Gasteiger partial charge in [0.2, 0.25) is 0 Å². The summed E-state index contributed by atoms with van der Waals surface area (Å²) in [4.78, 5) is 12.5. The molecule has 7 heteroatoms. The highest BCUT2D eigenvalue weighted by molar-refractivity contribution is 6.36. The number of carbonyl (C=O) groups is 1. The van der Waals surface area contributed by atoms with Crippen LogP contribution in [0.25, 0.3) is 0 Å². The molecule has 2 aromatic rings. The van der Waals surface area contributed by atoms with E-state index in [2.05, 4.69) is 20.7 Å². The number of amides is 1. The molecule has 6 rings (SSSR count). The quantitative estimate of drug-likeness (QED) is 0.546. The van der Waals surface area contributed by atoms with Gasteiger partial charge in [-0.15, -0.1) is 0 Å². The number of hydrogen-bond donors (Lipinski definition) is 2. The van der Waals surface area contributed by atoms with Crippen LogP contribution in [0.3, 0.4) is 0 Å². The predicted octanol–water partition coefficient (Wildman–Crippen LogP) is 4.95. The summed E-state index contributed by atoms with van der Waals surface area (Å²) in [5.74, 6) is 2.22. The Hall–Kier alpha value is -1.85. The number of hydrazone groups is 1. The molecule has 28 heavy (non-hydrogen) atoms. The molecule has 1 aromatic carbocycles. The third-order valence-corrected chi connectivity index (χ3v) is 7.31. The standard InChI is InChI=1S/C21H22Cl2N4O/c22-16-2-1-15(17(23)6-16)11-24-27-20(28)18-7-19(26-25-18)21-8-12-3-13(9-21)5-14(4-12)10-21/h1-2,6-7,11-14H,3-5,8-10H2,(H,25,26)(H,27,28)/b24-11-. The van der Waals surface area contributed by atoms with Gasteiger partial charge in [-0.3, -0.25) is 9.89 Å². The molecule has 1 aromatic heterocycles. The lowest BCUT2D eigenvalue weighted by Gasteiger charge is -2.56. The number of halogens is 2. The third kappa shape index (κ3) is 3.25. The van der Waals surface area contributed by atoms with Crippen LogP contribution in [-0.2, 0) is 5.41 Å². The van der Waals surface area contributed by atoms with Gasteiger partial charge in [-0.1, -0.05) is 29.3 Å². The second kappa shape index (κ2) is 6.89. The average Bonchev–Trinajstić information content (AvgIpc) is 3.13. The number of nitrogens with one attached hydrogen (secondary N) is 2. The number of H-pyrrole nitrogens is 1. The van der Waals surface area contributed by atoms with Crippen molar-refractivity contribution in [3.63, 3.8) is 0 Å². The predicted molar refractivity (Wildman–Crippen MR) is 110 cm³/mol. The van der Waals surface area contributed by atoms with Crippen molar-refractivity contribution in [2.24, 2.45) is 22.9 Å². The summed E-state index contributed by atoms with van der Waals surface area (Å²) in [7, 11) is 0. The molecule has 1 amide bonds. The number of hydrogen-bond acceptors (Lipinski definition) is 3. The molecule has 1 heterocycles. The Labute approximate surface area is 173 Å². The van der Waals surface area contributed by atoms with E-state index in [0.717, 1.165) is 23.4 Å². The smallest absolute Gasteiger partial charge is 0.281 e. The Kier molecular flexibility index (Phi) is 4.48. The van der Waals surface area contributed by atoms with Crippen LogP contribution in [-0.4, -0.2) is 22.3 Å². The van der Waals surface area contributed by atoms with E-state index in [9.17, 15) is 4.79 Å². The Morgan fingerprint density at radius 1 is 1.14 bits per heavy atom. The Balaban J connectivity index is 1.28. The van der Waals surface area contributed by atoms with Crippen LogP contribution in [0.15, 0.2) is 29.4 Å². The molecule has 5 nitrogen and oxygen atoms in total. The summed E-state index contributed by atoms with van der Waals surface area (Å²) in [6.45, 7) is 0. The first kappa shape index (κ1) is 18.2. The van der Waals surface area contributed by atoms with Gasteiger partial charge in [0.15, 0.2) is 5.69 Å². The molecule has 0 saturated heterocycles. The number of rotatable bonds is 4. The highest BCUT2D eigenvalue weighted by atomic mass is 35.5. The molecule has 4 saturated carbocycles. The lowest BCUT2D eigenvalue weighted by Crippen LogP contribution is -2.48. The van der Waals surface area contributed by atoms with E-state index in [0.29, 0.717) is 21.3 Å². The van der Waals surface area contributed by atoms with Crippen LogP contribution >= 0.6 is 23.2 Å². The number of aromatic nitrogens is 2. The van der Waals surface area contributed by atoms with Crippen molar-refractivity contribution in [2.45, 2.75) is 43.9 Å². The average molecular weight is 417 g/mol. The number of aromatic amines is 1. The fourth-order valence-electron chi connectivity index (χ4n) is 5.97. The topological polar surface area (TPSA) is 70.1 Å². The Bertz CT molecular complexity index is 916. The first-order valence-corrected chi connectivity index (χ1v) is 10.6. The maximum Gasteiger partial charge on any atom is 0.291 e. The van der Waals surface area contributed by atoms with Crippen LogP contribution in [0.1, 0.15) is 60.3 Å². The van der Waals surface area contributed by atoms with Crippen molar-refractivity contribution in [1.29, 1.82) is 0 Å². The monoisotopic (exact) mass is 416 g/mol. The van der Waals surface area contributed by atoms with E-state index in [-0.39, 0.29) is 11.3 Å². The molecule has 4 aliphatic rings. The minimum atomic E-state index is -0.325. The van der Waals surface area contributed by atoms with Gasteiger partial charge < -0.3 is 0 Å². The van der Waals surface area contributed by atoms with Gasteiger partial charge in [0.1, 0.15) is 0 Å². The van der Waals surface area contributed by atoms with Crippen LogP contribution in [0.2, 0.25) is 10.0 Å². The maximum absolute atomic E-state index is 12.5. The van der Waals surface area contributed by atoms with E-state index in [1.807, 2.05) is 6.07 Å². The molecular formula is C21H22Cl2N4O. The largest absolute Gasteiger partial charge is 0.291 e. The molecule has 4 fully saturated rings. The summed E-state index contributed by atoms with van der Waals surface area (Å²) < 4.78 is 0. The minimum absolute atomic E-state index is 0.195. The first-order chi connectivity index (χ1) is 13.5. The molecule has 146 valence electrons. The number of benzene rings is 1. The van der Waals surface area contributed by atoms with Crippen molar-refractivity contribution in [2.75, 3.05) is 0 Å². The van der Waals surface area contributed by atoms with Gasteiger partial charge >= 0.3 is 0 Å². The third-order valence-electron chi connectivity index (χ3n) is 6.75. The van der Waals surface area contributed by atoms with Crippen LogP contribution in [0.5, 0.6) is 0 Å². The second-order valence-corrected chi connectivity index (χ2v) is 9.57. The van der Waals surface area contributed by atoms with Crippen LogP contribution in [0, 0.1) is 17.8 Å². The number of carbonyl (C=O) groups excluding carboxylic acids is 1. The normalized spacial score (nSPS) is 30.9. The molecule has 4 bridgehead atoms. The summed E-state index contributed by atoms with van der Waals surface area (Å²) in [5, 5.41) is 12.5. The molecule has 0 spiro atoms. The molecule has 4 aliphatic carbocycles. The van der Waals surface area contributed by atoms with Gasteiger partial charge in [-0.25, -0.2) is 5.43 Å². The summed E-state index contributed by atoms with van der Waals surface area (Å²) in [6.07, 6.45) is 9.37. The highest BCUT2D eigenvalue weighted by Crippen LogP contribution is 2.60. The molecule has 0 atom stereocenters. The van der Waals surface area contributed by atoms with Crippen LogP contribution in [0.4, 0.5) is 0 Å². The fraction of sp³-hybridized carbons (Fsp3) is 0.476. The molecule has 0 radical (unpaired) electrons. The Morgan fingerprint density at radius 3 is 2.46 bits per heavy atom. The zero-order chi connectivity index (χ0) is 19.3. The van der Waals surface area contributed by atoms with Gasteiger partial charge in [0.05, 0.1) is 11.2 Å². The summed E-state index contributed by atoms with van der Waals surface area (Å²) >= 11 is 12.0. The van der Waals surface area contributed by atoms with E-state index >= 15 is 0 Å². The zero-order valence-corrected chi connectivity index (χ0v) is 16.9. The van der Waals surface area contributed by atoms with E-state index in [1.165, 1.54) is 44.7 Å². The van der Waals surface area contributed by atoms with Crippen molar-refractivity contribution >= 4 is 35.3 Å². The zero-order valence-electron chi connectivity index (χ0n) is 15.4. The summed E-state index contributed by atoms with van der Waals surface area (Å²) in [6, 6.07) is 7.03. The lowest BCUT2D eigenvalue weighted by molar-refractivity contribution is -0.00721. The van der Waals surface area contributed by atoms with Crippen molar-refractivity contribution in [1.82, 2.24) is 15.6 Å². The SMILES string of the molecule is O=C(N/N=C\c1ccc(Cl)cc1Cl)c1cc(C23CC4CC(CC(C4)C2)C3)[nH]n1. The lowest BCUT2D eigenvalue weighted by atomic mass is 9.49. The van der Waals surface area contributed by atoms with Crippen molar-refractivity contribution < 1.29 is 4.79 Å². The van der Waals surface area contributed by atoms with Gasteiger partial charge in [0.25, 0.3) is 5.91 Å². The van der Waals surface area contributed by atoms with Crippen LogP contribution < -0.4 is 5.43 Å². The maximum atomic E-state index is 12.5. The second-order valence-electron chi connectivity index (χ2n) is 8.73. The molecule has 0 aliphatic heterocycles. The highest BCUT2D eigenvalue weighted by Gasteiger charge is 2.52. The van der Waals surface area contributed by atoms with E-state index < -0.39 is 0 Å². The molecule has 2 N–H and O–H groups in total. The molecule has 0 unspecified atom stereocenters.